The van der Waals surface area contributed by atoms with Gasteiger partial charge in [-0.1, -0.05) is 60.5 Å². The lowest BCUT2D eigenvalue weighted by Crippen LogP contribution is -2.29. The molecule has 5 heteroatoms. The van der Waals surface area contributed by atoms with Crippen molar-refractivity contribution in [3.8, 4) is 11.1 Å². The minimum absolute atomic E-state index is 0.724. The van der Waals surface area contributed by atoms with Gasteiger partial charge in [0.25, 0.3) is 0 Å². The lowest BCUT2D eigenvalue weighted by Gasteiger charge is -2.26. The third-order valence-corrected chi connectivity index (χ3v) is 6.75. The molecule has 4 nitrogen and oxygen atoms in total. The Kier molecular flexibility index (Phi) is 6.06. The molecule has 0 spiro atoms. The number of pyridine rings is 2. The lowest BCUT2D eigenvalue weighted by atomic mass is 9.99. The summed E-state index contributed by atoms with van der Waals surface area (Å²) in [6.45, 7) is 5.25. The van der Waals surface area contributed by atoms with E-state index < -0.39 is 0 Å². The van der Waals surface area contributed by atoms with E-state index in [4.69, 9.17) is 16.6 Å². The standard InChI is InChI=1S/C27H27ClN4/c1-19-22(20-9-4-2-5-10-20)11-8-12-24(19)31-27-26-23(13-14-29-27)25(28)21(17-30-26)18-32-15-6-3-7-16-32/h2,4-5,8-14,17H,3,6-7,15-16,18H2,1H3,(H,29,31). The molecule has 1 saturated heterocycles. The molecule has 1 N–H and O–H groups in total. The third-order valence-electron chi connectivity index (χ3n) is 6.31. The second-order valence-corrected chi connectivity index (χ2v) is 8.84. The Labute approximate surface area is 194 Å². The number of hydrogen-bond donors (Lipinski definition) is 1. The van der Waals surface area contributed by atoms with Gasteiger partial charge in [-0.3, -0.25) is 9.88 Å². The van der Waals surface area contributed by atoms with E-state index in [0.717, 1.165) is 52.6 Å². The Bertz CT molecular complexity index is 1230. The van der Waals surface area contributed by atoms with Crippen molar-refractivity contribution in [2.75, 3.05) is 18.4 Å². The van der Waals surface area contributed by atoms with Crippen molar-refractivity contribution in [2.24, 2.45) is 0 Å². The summed E-state index contributed by atoms with van der Waals surface area (Å²) in [4.78, 5) is 11.8. The highest BCUT2D eigenvalue weighted by Gasteiger charge is 2.16. The van der Waals surface area contributed by atoms with Crippen molar-refractivity contribution in [3.63, 3.8) is 0 Å². The molecule has 0 bridgehead atoms. The first kappa shape index (κ1) is 20.9. The molecule has 0 saturated carbocycles. The van der Waals surface area contributed by atoms with Gasteiger partial charge in [0.15, 0.2) is 5.82 Å². The molecule has 5 rings (SSSR count). The number of rotatable bonds is 5. The van der Waals surface area contributed by atoms with Gasteiger partial charge in [0, 0.05) is 35.6 Å². The number of nitrogens with zero attached hydrogens (tertiary/aromatic N) is 3. The number of aromatic nitrogens is 2. The Morgan fingerprint density at radius 3 is 2.56 bits per heavy atom. The first-order valence-electron chi connectivity index (χ1n) is 11.3. The van der Waals surface area contributed by atoms with Gasteiger partial charge in [-0.25, -0.2) is 4.98 Å². The number of likely N-dealkylation sites (tertiary alicyclic amines) is 1. The van der Waals surface area contributed by atoms with Crippen LogP contribution >= 0.6 is 11.6 Å². The van der Waals surface area contributed by atoms with E-state index >= 15 is 0 Å². The molecule has 2 aromatic carbocycles. The molecule has 4 aromatic rings. The third kappa shape index (κ3) is 4.21. The second kappa shape index (κ2) is 9.27. The second-order valence-electron chi connectivity index (χ2n) is 8.46. The van der Waals surface area contributed by atoms with Crippen molar-refractivity contribution in [1.29, 1.82) is 0 Å². The van der Waals surface area contributed by atoms with Crippen LogP contribution in [0, 0.1) is 6.92 Å². The van der Waals surface area contributed by atoms with Crippen LogP contribution in [0.1, 0.15) is 30.4 Å². The Balaban J connectivity index is 1.47. The summed E-state index contributed by atoms with van der Waals surface area (Å²) in [7, 11) is 0. The van der Waals surface area contributed by atoms with Crippen LogP contribution in [0.2, 0.25) is 5.02 Å². The zero-order valence-electron chi connectivity index (χ0n) is 18.3. The lowest BCUT2D eigenvalue weighted by molar-refractivity contribution is 0.221. The fourth-order valence-electron chi connectivity index (χ4n) is 4.52. The molecule has 1 fully saturated rings. The van der Waals surface area contributed by atoms with Gasteiger partial charge in [-0.05, 0) is 61.7 Å². The van der Waals surface area contributed by atoms with Gasteiger partial charge >= 0.3 is 0 Å². The van der Waals surface area contributed by atoms with Crippen LogP contribution in [0.25, 0.3) is 22.0 Å². The topological polar surface area (TPSA) is 41.1 Å². The molecule has 1 aliphatic rings. The zero-order chi connectivity index (χ0) is 21.9. The SMILES string of the molecule is Cc1c(Nc2nccc3c(Cl)c(CN4CCCCC4)cnc23)cccc1-c1ccccc1. The number of anilines is 2. The fraction of sp³-hybridized carbons (Fsp3) is 0.259. The predicted octanol–water partition coefficient (Wildman–Crippen LogP) is 6.99. The Hall–Kier alpha value is -2.95. The molecule has 162 valence electrons. The van der Waals surface area contributed by atoms with Gasteiger partial charge in [-0.15, -0.1) is 0 Å². The summed E-state index contributed by atoms with van der Waals surface area (Å²) < 4.78 is 0. The maximum Gasteiger partial charge on any atom is 0.157 e. The largest absolute Gasteiger partial charge is 0.338 e. The maximum atomic E-state index is 6.85. The summed E-state index contributed by atoms with van der Waals surface area (Å²) in [6.07, 6.45) is 7.57. The maximum absolute atomic E-state index is 6.85. The molecule has 0 radical (unpaired) electrons. The number of hydrogen-bond acceptors (Lipinski definition) is 4. The molecule has 32 heavy (non-hydrogen) atoms. The van der Waals surface area contributed by atoms with Gasteiger partial charge < -0.3 is 5.32 Å². The van der Waals surface area contributed by atoms with E-state index in [1.165, 1.54) is 36.0 Å². The number of halogens is 1. The minimum atomic E-state index is 0.724. The van der Waals surface area contributed by atoms with Gasteiger partial charge in [0.2, 0.25) is 0 Å². The molecule has 2 aromatic heterocycles. The summed E-state index contributed by atoms with van der Waals surface area (Å²) >= 11 is 6.85. The van der Waals surface area contributed by atoms with E-state index in [1.54, 1.807) is 6.20 Å². The van der Waals surface area contributed by atoms with Crippen LogP contribution in [0.5, 0.6) is 0 Å². The van der Waals surface area contributed by atoms with Crippen LogP contribution < -0.4 is 5.32 Å². The molecule has 0 amide bonds. The molecule has 0 unspecified atom stereocenters. The van der Waals surface area contributed by atoms with E-state index in [9.17, 15) is 0 Å². The number of benzene rings is 2. The van der Waals surface area contributed by atoms with Crippen LogP contribution in [0.4, 0.5) is 11.5 Å². The normalized spacial score (nSPS) is 14.6. The molecule has 3 heterocycles. The van der Waals surface area contributed by atoms with Crippen molar-refractivity contribution < 1.29 is 0 Å². The first-order valence-corrected chi connectivity index (χ1v) is 11.6. The summed E-state index contributed by atoms with van der Waals surface area (Å²) in [5, 5.41) is 5.23. The van der Waals surface area contributed by atoms with Gasteiger partial charge in [-0.2, -0.15) is 0 Å². The van der Waals surface area contributed by atoms with Crippen molar-refractivity contribution in [2.45, 2.75) is 32.7 Å². The quantitative estimate of drug-likeness (QED) is 0.361. The molecule has 0 atom stereocenters. The smallest absolute Gasteiger partial charge is 0.157 e. The van der Waals surface area contributed by atoms with Crippen LogP contribution in [0.3, 0.4) is 0 Å². The van der Waals surface area contributed by atoms with Crippen molar-refractivity contribution in [1.82, 2.24) is 14.9 Å². The first-order chi connectivity index (χ1) is 15.7. The van der Waals surface area contributed by atoms with Gasteiger partial charge in [0.1, 0.15) is 5.52 Å². The van der Waals surface area contributed by atoms with Crippen molar-refractivity contribution in [3.05, 3.63) is 83.1 Å². The number of piperidine rings is 1. The predicted molar refractivity (Wildman–Crippen MR) is 134 cm³/mol. The number of nitrogens with one attached hydrogen (secondary N) is 1. The molecular formula is C27H27ClN4. The van der Waals surface area contributed by atoms with Crippen LogP contribution in [0.15, 0.2) is 67.0 Å². The zero-order valence-corrected chi connectivity index (χ0v) is 19.1. The van der Waals surface area contributed by atoms with E-state index in [2.05, 4.69) is 64.6 Å². The fourth-order valence-corrected chi connectivity index (χ4v) is 4.78. The molecule has 1 aliphatic heterocycles. The summed E-state index contributed by atoms with van der Waals surface area (Å²) in [5.41, 5.74) is 6.46. The highest BCUT2D eigenvalue weighted by Crippen LogP contribution is 2.34. The van der Waals surface area contributed by atoms with Crippen LogP contribution in [-0.4, -0.2) is 28.0 Å². The van der Waals surface area contributed by atoms with E-state index in [0.29, 0.717) is 0 Å². The Morgan fingerprint density at radius 1 is 0.938 bits per heavy atom. The minimum Gasteiger partial charge on any atom is -0.338 e. The monoisotopic (exact) mass is 442 g/mol. The highest BCUT2D eigenvalue weighted by atomic mass is 35.5. The molecular weight excluding hydrogens is 416 g/mol. The highest BCUT2D eigenvalue weighted by molar-refractivity contribution is 6.36. The van der Waals surface area contributed by atoms with Crippen LogP contribution in [-0.2, 0) is 6.54 Å². The van der Waals surface area contributed by atoms with E-state index in [1.807, 2.05) is 18.3 Å². The average Bonchev–Trinajstić information content (AvgIpc) is 2.84. The summed E-state index contributed by atoms with van der Waals surface area (Å²) in [6, 6.07) is 18.7. The number of fused-ring (bicyclic) bond motifs is 1. The summed E-state index contributed by atoms with van der Waals surface area (Å²) in [5.74, 6) is 0.724. The molecule has 0 aliphatic carbocycles. The van der Waals surface area contributed by atoms with Gasteiger partial charge in [0.05, 0.1) is 5.02 Å². The van der Waals surface area contributed by atoms with Crippen molar-refractivity contribution >= 4 is 34.0 Å². The average molecular weight is 443 g/mol. The van der Waals surface area contributed by atoms with E-state index in [-0.39, 0.29) is 0 Å². The Morgan fingerprint density at radius 2 is 1.75 bits per heavy atom.